The standard InChI is InChI=1S/C22H22O6/c1-5-18(10-17-6-8-20(9-7-17)26-14(2)23)19-11-21(27-15(3)24)13-22(12-19)28-16(4)25/h6-13H,5H2,1-4H3/b18-10+. The van der Waals surface area contributed by atoms with Crippen molar-refractivity contribution < 1.29 is 28.6 Å². The van der Waals surface area contributed by atoms with E-state index in [4.69, 9.17) is 14.2 Å². The molecule has 0 aliphatic heterocycles. The molecule has 0 saturated carbocycles. The van der Waals surface area contributed by atoms with Gasteiger partial charge in [-0.05, 0) is 47.4 Å². The van der Waals surface area contributed by atoms with Crippen molar-refractivity contribution in [1.29, 1.82) is 0 Å². The van der Waals surface area contributed by atoms with Crippen LogP contribution in [-0.2, 0) is 14.4 Å². The molecule has 2 rings (SSSR count). The number of benzene rings is 2. The first-order valence-electron chi connectivity index (χ1n) is 8.78. The van der Waals surface area contributed by atoms with Gasteiger partial charge in [-0.3, -0.25) is 14.4 Å². The van der Waals surface area contributed by atoms with E-state index < -0.39 is 11.9 Å². The monoisotopic (exact) mass is 382 g/mol. The Morgan fingerprint density at radius 2 is 1.21 bits per heavy atom. The Morgan fingerprint density at radius 3 is 1.64 bits per heavy atom. The molecule has 0 saturated heterocycles. The lowest BCUT2D eigenvalue weighted by Crippen LogP contribution is -2.05. The smallest absolute Gasteiger partial charge is 0.308 e. The number of hydrogen-bond donors (Lipinski definition) is 0. The van der Waals surface area contributed by atoms with E-state index in [9.17, 15) is 14.4 Å². The fourth-order valence-electron chi connectivity index (χ4n) is 2.60. The lowest BCUT2D eigenvalue weighted by atomic mass is 10.00. The van der Waals surface area contributed by atoms with Gasteiger partial charge in [-0.1, -0.05) is 25.1 Å². The van der Waals surface area contributed by atoms with E-state index in [2.05, 4.69) is 0 Å². The molecule has 0 heterocycles. The Hall–Kier alpha value is -3.41. The van der Waals surface area contributed by atoms with Crippen LogP contribution in [0, 0.1) is 0 Å². The summed E-state index contributed by atoms with van der Waals surface area (Å²) >= 11 is 0. The van der Waals surface area contributed by atoms with E-state index in [1.54, 1.807) is 24.3 Å². The highest BCUT2D eigenvalue weighted by Crippen LogP contribution is 2.30. The molecule has 0 amide bonds. The highest BCUT2D eigenvalue weighted by Gasteiger charge is 2.10. The van der Waals surface area contributed by atoms with Gasteiger partial charge in [0.1, 0.15) is 17.2 Å². The Morgan fingerprint density at radius 1 is 0.750 bits per heavy atom. The average Bonchev–Trinajstić information content (AvgIpc) is 2.59. The van der Waals surface area contributed by atoms with E-state index in [0.29, 0.717) is 23.7 Å². The first kappa shape index (κ1) is 20.9. The number of carbonyl (C=O) groups excluding carboxylic acids is 3. The predicted molar refractivity (Wildman–Crippen MR) is 105 cm³/mol. The molecule has 146 valence electrons. The fraction of sp³-hybridized carbons (Fsp3) is 0.227. The summed E-state index contributed by atoms with van der Waals surface area (Å²) in [5, 5.41) is 0. The molecule has 2 aromatic rings. The predicted octanol–water partition coefficient (Wildman–Crippen LogP) is 4.41. The molecular weight excluding hydrogens is 360 g/mol. The van der Waals surface area contributed by atoms with Gasteiger partial charge in [-0.2, -0.15) is 0 Å². The molecule has 0 aromatic heterocycles. The molecule has 0 bridgehead atoms. The minimum Gasteiger partial charge on any atom is -0.427 e. The molecule has 6 nitrogen and oxygen atoms in total. The average molecular weight is 382 g/mol. The van der Waals surface area contributed by atoms with E-state index in [-0.39, 0.29) is 5.97 Å². The number of ether oxygens (including phenoxy) is 3. The van der Waals surface area contributed by atoms with Crippen LogP contribution in [0.5, 0.6) is 17.2 Å². The number of esters is 3. The van der Waals surface area contributed by atoms with Crippen molar-refractivity contribution in [2.24, 2.45) is 0 Å². The van der Waals surface area contributed by atoms with Crippen LogP contribution >= 0.6 is 0 Å². The molecule has 6 heteroatoms. The molecule has 28 heavy (non-hydrogen) atoms. The van der Waals surface area contributed by atoms with Gasteiger partial charge in [-0.15, -0.1) is 0 Å². The Balaban J connectivity index is 2.40. The van der Waals surface area contributed by atoms with E-state index in [1.807, 2.05) is 25.1 Å². The van der Waals surface area contributed by atoms with Crippen LogP contribution < -0.4 is 14.2 Å². The first-order chi connectivity index (χ1) is 13.3. The molecule has 0 aliphatic rings. The van der Waals surface area contributed by atoms with Gasteiger partial charge in [-0.25, -0.2) is 0 Å². The zero-order valence-electron chi connectivity index (χ0n) is 16.3. The van der Waals surface area contributed by atoms with Crippen molar-refractivity contribution in [2.75, 3.05) is 0 Å². The summed E-state index contributed by atoms with van der Waals surface area (Å²) in [4.78, 5) is 33.7. The molecule has 0 unspecified atom stereocenters. The Kier molecular flexibility index (Phi) is 7.09. The fourth-order valence-corrected chi connectivity index (χ4v) is 2.60. The van der Waals surface area contributed by atoms with Gasteiger partial charge in [0.2, 0.25) is 0 Å². The summed E-state index contributed by atoms with van der Waals surface area (Å²) in [7, 11) is 0. The lowest BCUT2D eigenvalue weighted by Gasteiger charge is -2.11. The summed E-state index contributed by atoms with van der Waals surface area (Å²) in [5.74, 6) is -0.242. The topological polar surface area (TPSA) is 78.9 Å². The van der Waals surface area contributed by atoms with Crippen molar-refractivity contribution in [1.82, 2.24) is 0 Å². The second kappa shape index (κ2) is 9.50. The Labute approximate surface area is 163 Å². The van der Waals surface area contributed by atoms with Gasteiger partial charge < -0.3 is 14.2 Å². The Bertz CT molecular complexity index is 875. The quantitative estimate of drug-likeness (QED) is 0.418. The summed E-state index contributed by atoms with van der Waals surface area (Å²) in [6.45, 7) is 5.95. The second-order valence-electron chi connectivity index (χ2n) is 6.07. The second-order valence-corrected chi connectivity index (χ2v) is 6.07. The molecule has 0 spiro atoms. The number of allylic oxidation sites excluding steroid dienone is 1. The maximum absolute atomic E-state index is 11.3. The zero-order valence-corrected chi connectivity index (χ0v) is 16.3. The van der Waals surface area contributed by atoms with Crippen molar-refractivity contribution in [3.05, 3.63) is 53.6 Å². The number of carbonyl (C=O) groups is 3. The lowest BCUT2D eigenvalue weighted by molar-refractivity contribution is -0.133. The van der Waals surface area contributed by atoms with Crippen LogP contribution in [0.15, 0.2) is 42.5 Å². The van der Waals surface area contributed by atoms with Crippen LogP contribution in [0.2, 0.25) is 0 Å². The highest BCUT2D eigenvalue weighted by atomic mass is 16.5. The van der Waals surface area contributed by atoms with Crippen LogP contribution in [0.1, 0.15) is 45.2 Å². The molecule has 0 fully saturated rings. The van der Waals surface area contributed by atoms with Crippen LogP contribution in [0.4, 0.5) is 0 Å². The third kappa shape index (κ3) is 6.39. The summed E-state index contributed by atoms with van der Waals surface area (Å²) < 4.78 is 15.4. The van der Waals surface area contributed by atoms with Crippen molar-refractivity contribution in [3.63, 3.8) is 0 Å². The maximum Gasteiger partial charge on any atom is 0.308 e. The van der Waals surface area contributed by atoms with Gasteiger partial charge >= 0.3 is 17.9 Å². The minimum absolute atomic E-state index is 0.297. The molecule has 0 radical (unpaired) electrons. The molecule has 0 aliphatic carbocycles. The SMILES string of the molecule is CC/C(=C\c1ccc(OC(C)=O)cc1)c1cc(OC(C)=O)cc(OC(C)=O)c1. The van der Waals surface area contributed by atoms with Crippen molar-refractivity contribution in [2.45, 2.75) is 34.1 Å². The van der Waals surface area contributed by atoms with Gasteiger partial charge in [0.25, 0.3) is 0 Å². The van der Waals surface area contributed by atoms with Gasteiger partial charge in [0, 0.05) is 26.8 Å². The maximum atomic E-state index is 11.3. The molecule has 0 atom stereocenters. The van der Waals surface area contributed by atoms with E-state index >= 15 is 0 Å². The molecule has 0 N–H and O–H groups in total. The van der Waals surface area contributed by atoms with Crippen molar-refractivity contribution in [3.8, 4) is 17.2 Å². The summed E-state index contributed by atoms with van der Waals surface area (Å²) in [6, 6.07) is 12.0. The number of hydrogen-bond acceptors (Lipinski definition) is 6. The highest BCUT2D eigenvalue weighted by molar-refractivity contribution is 5.83. The van der Waals surface area contributed by atoms with E-state index in [1.165, 1.54) is 26.8 Å². The number of rotatable bonds is 6. The van der Waals surface area contributed by atoms with Gasteiger partial charge in [0.05, 0.1) is 0 Å². The summed E-state index contributed by atoms with van der Waals surface area (Å²) in [5.41, 5.74) is 2.61. The third-order valence-electron chi connectivity index (χ3n) is 3.64. The normalized spacial score (nSPS) is 10.9. The van der Waals surface area contributed by atoms with Crippen molar-refractivity contribution >= 4 is 29.6 Å². The first-order valence-corrected chi connectivity index (χ1v) is 8.78. The van der Waals surface area contributed by atoms with Crippen LogP contribution in [0.25, 0.3) is 11.6 Å². The van der Waals surface area contributed by atoms with Crippen LogP contribution in [0.3, 0.4) is 0 Å². The molecular formula is C22H22O6. The summed E-state index contributed by atoms with van der Waals surface area (Å²) in [6.07, 6.45) is 2.65. The largest absolute Gasteiger partial charge is 0.427 e. The zero-order chi connectivity index (χ0) is 20.7. The van der Waals surface area contributed by atoms with E-state index in [0.717, 1.165) is 16.7 Å². The third-order valence-corrected chi connectivity index (χ3v) is 3.64. The van der Waals surface area contributed by atoms with Crippen LogP contribution in [-0.4, -0.2) is 17.9 Å². The molecule has 2 aromatic carbocycles. The minimum atomic E-state index is -0.464. The van der Waals surface area contributed by atoms with Gasteiger partial charge in [0.15, 0.2) is 0 Å².